The molecular weight excluding hydrogens is 359 g/mol. The summed E-state index contributed by atoms with van der Waals surface area (Å²) < 4.78 is 18.7. The Kier molecular flexibility index (Phi) is 8.78. The number of primary amides is 1. The van der Waals surface area contributed by atoms with Crippen molar-refractivity contribution in [2.24, 2.45) is 16.6 Å². The average Bonchev–Trinajstić information content (AvgIpc) is 2.70. The van der Waals surface area contributed by atoms with Gasteiger partial charge in [-0.15, -0.1) is 0 Å². The Morgan fingerprint density at radius 2 is 1.86 bits per heavy atom. The van der Waals surface area contributed by atoms with Crippen molar-refractivity contribution >= 4 is 11.9 Å². The van der Waals surface area contributed by atoms with Crippen LogP contribution < -0.4 is 21.1 Å². The lowest BCUT2D eigenvalue weighted by Gasteiger charge is -2.15. The van der Waals surface area contributed by atoms with Crippen LogP contribution in [0.3, 0.4) is 0 Å². The lowest BCUT2D eigenvalue weighted by molar-refractivity contribution is -0.121. The van der Waals surface area contributed by atoms with Gasteiger partial charge in [-0.2, -0.15) is 0 Å². The third-order valence-electron chi connectivity index (χ3n) is 4.02. The molecule has 2 rings (SSSR count). The Bertz CT molecular complexity index is 751. The fraction of sp³-hybridized carbons (Fsp3) is 0.333. The molecule has 0 aromatic heterocycles. The van der Waals surface area contributed by atoms with Gasteiger partial charge >= 0.3 is 0 Å². The highest BCUT2D eigenvalue weighted by atomic mass is 19.1. The Balaban J connectivity index is 1.87. The molecule has 0 saturated heterocycles. The van der Waals surface area contributed by atoms with Gasteiger partial charge in [0.15, 0.2) is 5.96 Å². The summed E-state index contributed by atoms with van der Waals surface area (Å²) in [6.45, 7) is 3.91. The highest BCUT2D eigenvalue weighted by Crippen LogP contribution is 2.11. The van der Waals surface area contributed by atoms with E-state index < -0.39 is 11.8 Å². The number of hydrogen-bond acceptors (Lipinski definition) is 3. The molecule has 7 heteroatoms. The van der Waals surface area contributed by atoms with E-state index in [0.717, 1.165) is 11.3 Å². The summed E-state index contributed by atoms with van der Waals surface area (Å²) in [7, 11) is 0. The van der Waals surface area contributed by atoms with Crippen LogP contribution in [0.15, 0.2) is 59.6 Å². The molecule has 2 aromatic carbocycles. The smallest absolute Gasteiger partial charge is 0.222 e. The first kappa shape index (κ1) is 21.2. The number of para-hydroxylation sites is 1. The monoisotopic (exact) mass is 386 g/mol. The highest BCUT2D eigenvalue weighted by Gasteiger charge is 2.16. The van der Waals surface area contributed by atoms with Gasteiger partial charge in [0, 0.05) is 6.54 Å². The molecule has 0 radical (unpaired) electrons. The molecule has 0 saturated carbocycles. The molecule has 0 aliphatic heterocycles. The van der Waals surface area contributed by atoms with Gasteiger partial charge in [-0.05, 0) is 43.2 Å². The number of rotatable bonds is 10. The van der Waals surface area contributed by atoms with Gasteiger partial charge in [-0.25, -0.2) is 4.39 Å². The lowest BCUT2D eigenvalue weighted by Crippen LogP contribution is -2.40. The van der Waals surface area contributed by atoms with Crippen molar-refractivity contribution in [1.82, 2.24) is 10.6 Å². The average molecular weight is 386 g/mol. The molecular formula is C21H27FN4O2. The number of nitrogens with zero attached hydrogens (tertiary/aromatic N) is 1. The summed E-state index contributed by atoms with van der Waals surface area (Å²) in [5, 5.41) is 6.30. The molecule has 1 amide bonds. The summed E-state index contributed by atoms with van der Waals surface area (Å²) in [5.41, 5.74) is 6.36. The van der Waals surface area contributed by atoms with Crippen molar-refractivity contribution < 1.29 is 13.9 Å². The zero-order valence-corrected chi connectivity index (χ0v) is 16.0. The number of nitrogens with two attached hydrogens (primary N) is 1. The maximum Gasteiger partial charge on any atom is 0.222 e. The quantitative estimate of drug-likeness (QED) is 0.331. The largest absolute Gasteiger partial charge is 0.492 e. The Hall–Kier alpha value is -3.09. The Morgan fingerprint density at radius 1 is 1.14 bits per heavy atom. The van der Waals surface area contributed by atoms with E-state index >= 15 is 0 Å². The number of aliphatic imine (C=N–C) groups is 1. The third kappa shape index (κ3) is 7.65. The second kappa shape index (κ2) is 11.6. The maximum atomic E-state index is 13.0. The summed E-state index contributed by atoms with van der Waals surface area (Å²) in [5.74, 6) is 0.176. The molecule has 28 heavy (non-hydrogen) atoms. The second-order valence-corrected chi connectivity index (χ2v) is 6.24. The van der Waals surface area contributed by atoms with Crippen LogP contribution in [0.25, 0.3) is 0 Å². The predicted octanol–water partition coefficient (Wildman–Crippen LogP) is 2.10. The number of ether oxygens (including phenoxy) is 1. The van der Waals surface area contributed by atoms with Crippen molar-refractivity contribution in [3.8, 4) is 5.75 Å². The third-order valence-corrected chi connectivity index (χ3v) is 4.02. The first-order chi connectivity index (χ1) is 13.6. The summed E-state index contributed by atoms with van der Waals surface area (Å²) in [6, 6.07) is 15.6. The van der Waals surface area contributed by atoms with Gasteiger partial charge in [0.05, 0.1) is 19.0 Å². The minimum atomic E-state index is -0.471. The van der Waals surface area contributed by atoms with E-state index in [1.807, 2.05) is 37.3 Å². The van der Waals surface area contributed by atoms with Crippen molar-refractivity contribution in [2.75, 3.05) is 26.2 Å². The molecule has 0 aliphatic rings. The maximum absolute atomic E-state index is 13.0. The van der Waals surface area contributed by atoms with Crippen LogP contribution in [-0.2, 0) is 11.2 Å². The fourth-order valence-corrected chi connectivity index (χ4v) is 2.56. The van der Waals surface area contributed by atoms with Crippen LogP contribution in [0.4, 0.5) is 4.39 Å². The fourth-order valence-electron chi connectivity index (χ4n) is 2.56. The number of nitrogens with one attached hydrogen (secondary N) is 2. The van der Waals surface area contributed by atoms with E-state index in [9.17, 15) is 9.18 Å². The van der Waals surface area contributed by atoms with Gasteiger partial charge in [0.1, 0.15) is 18.2 Å². The second-order valence-electron chi connectivity index (χ2n) is 6.24. The molecule has 1 atom stereocenters. The van der Waals surface area contributed by atoms with Crippen LogP contribution in [0.2, 0.25) is 0 Å². The summed E-state index contributed by atoms with van der Waals surface area (Å²) in [4.78, 5) is 16.2. The molecule has 1 unspecified atom stereocenters. The van der Waals surface area contributed by atoms with Crippen molar-refractivity contribution in [2.45, 2.75) is 13.3 Å². The van der Waals surface area contributed by atoms with E-state index in [1.54, 1.807) is 12.1 Å². The normalized spacial score (nSPS) is 12.3. The lowest BCUT2D eigenvalue weighted by atomic mass is 9.99. The number of benzene rings is 2. The summed E-state index contributed by atoms with van der Waals surface area (Å²) >= 11 is 0. The number of halogens is 1. The SMILES string of the molecule is CCNC(=NCC(Cc1ccc(F)cc1)C(N)=O)NCCOc1ccccc1. The minimum absolute atomic E-state index is 0.238. The van der Waals surface area contributed by atoms with E-state index in [4.69, 9.17) is 10.5 Å². The van der Waals surface area contributed by atoms with Crippen LogP contribution in [-0.4, -0.2) is 38.1 Å². The predicted molar refractivity (Wildman–Crippen MR) is 109 cm³/mol. The van der Waals surface area contributed by atoms with Crippen LogP contribution in [0.5, 0.6) is 5.75 Å². The molecule has 0 spiro atoms. The van der Waals surface area contributed by atoms with Crippen LogP contribution >= 0.6 is 0 Å². The molecule has 0 heterocycles. The van der Waals surface area contributed by atoms with E-state index in [1.165, 1.54) is 12.1 Å². The van der Waals surface area contributed by atoms with Gasteiger partial charge in [0.2, 0.25) is 5.91 Å². The Morgan fingerprint density at radius 3 is 2.50 bits per heavy atom. The molecule has 0 aliphatic carbocycles. The van der Waals surface area contributed by atoms with Crippen molar-refractivity contribution in [3.63, 3.8) is 0 Å². The van der Waals surface area contributed by atoms with E-state index in [2.05, 4.69) is 15.6 Å². The molecule has 2 aromatic rings. The van der Waals surface area contributed by atoms with Gasteiger partial charge in [0.25, 0.3) is 0 Å². The van der Waals surface area contributed by atoms with Gasteiger partial charge in [-0.1, -0.05) is 30.3 Å². The topological polar surface area (TPSA) is 88.7 Å². The standard InChI is InChI=1S/C21H27FN4O2/c1-2-24-21(25-12-13-28-19-6-4-3-5-7-19)26-15-17(20(23)27)14-16-8-10-18(22)11-9-16/h3-11,17H,2,12-15H2,1H3,(H2,23,27)(H2,24,25,26). The first-order valence-corrected chi connectivity index (χ1v) is 9.32. The first-order valence-electron chi connectivity index (χ1n) is 9.32. The highest BCUT2D eigenvalue weighted by molar-refractivity contribution is 5.81. The molecule has 6 nitrogen and oxygen atoms in total. The Labute approximate surface area is 165 Å². The van der Waals surface area contributed by atoms with Crippen molar-refractivity contribution in [1.29, 1.82) is 0 Å². The molecule has 0 fully saturated rings. The van der Waals surface area contributed by atoms with E-state index in [-0.39, 0.29) is 12.4 Å². The molecule has 4 N–H and O–H groups in total. The molecule has 150 valence electrons. The van der Waals surface area contributed by atoms with Crippen LogP contribution in [0, 0.1) is 11.7 Å². The number of hydrogen-bond donors (Lipinski definition) is 3. The minimum Gasteiger partial charge on any atom is -0.492 e. The number of carbonyl (C=O) groups is 1. The van der Waals surface area contributed by atoms with Crippen LogP contribution in [0.1, 0.15) is 12.5 Å². The summed E-state index contributed by atoms with van der Waals surface area (Å²) in [6.07, 6.45) is 0.412. The molecule has 0 bridgehead atoms. The number of carbonyl (C=O) groups excluding carboxylic acids is 1. The number of amides is 1. The zero-order chi connectivity index (χ0) is 20.2. The zero-order valence-electron chi connectivity index (χ0n) is 16.0. The van der Waals surface area contributed by atoms with Crippen molar-refractivity contribution in [3.05, 3.63) is 66.0 Å². The van der Waals surface area contributed by atoms with Gasteiger partial charge in [-0.3, -0.25) is 9.79 Å². The number of guanidine groups is 1. The van der Waals surface area contributed by atoms with E-state index in [0.29, 0.717) is 32.1 Å². The van der Waals surface area contributed by atoms with Gasteiger partial charge < -0.3 is 21.1 Å².